The molecular weight excluding hydrogens is 260 g/mol. The summed E-state index contributed by atoms with van der Waals surface area (Å²) in [7, 11) is 0. The number of nitrogens with zero attached hydrogens (tertiary/aromatic N) is 1. The molecule has 0 bridgehead atoms. The molecule has 1 aliphatic heterocycles. The molecule has 1 heterocycles. The first kappa shape index (κ1) is 13.2. The van der Waals surface area contributed by atoms with Gasteiger partial charge in [0.05, 0.1) is 22.8 Å². The Hall–Kier alpha value is -3.20. The van der Waals surface area contributed by atoms with Crippen LogP contribution < -0.4 is 5.32 Å². The molecule has 2 rings (SSSR count). The van der Waals surface area contributed by atoms with Gasteiger partial charge in [-0.15, -0.1) is 0 Å². The number of carboxylic acids is 1. The van der Waals surface area contributed by atoms with Crippen molar-refractivity contribution in [2.75, 3.05) is 0 Å². The molecule has 1 aliphatic rings. The number of carbonyl (C=O) groups excluding carboxylic acids is 2. The lowest BCUT2D eigenvalue weighted by molar-refractivity contribution is -0.123. The SMILES string of the molecule is N#CC=CC1=C(c2ccc(C(=O)O)cc2)C(=O)NC1=O. The zero-order chi connectivity index (χ0) is 14.7. The van der Waals surface area contributed by atoms with Crippen LogP contribution in [-0.4, -0.2) is 22.9 Å². The first-order valence-corrected chi connectivity index (χ1v) is 5.54. The van der Waals surface area contributed by atoms with Gasteiger partial charge < -0.3 is 5.11 Å². The summed E-state index contributed by atoms with van der Waals surface area (Å²) in [6.45, 7) is 0. The lowest BCUT2D eigenvalue weighted by Crippen LogP contribution is -2.22. The molecule has 0 aliphatic carbocycles. The highest BCUT2D eigenvalue weighted by molar-refractivity contribution is 6.36. The molecule has 0 spiro atoms. The number of nitriles is 1. The van der Waals surface area contributed by atoms with Crippen molar-refractivity contribution in [1.29, 1.82) is 5.26 Å². The van der Waals surface area contributed by atoms with Crippen LogP contribution in [0, 0.1) is 11.3 Å². The second-order valence-electron chi connectivity index (χ2n) is 3.92. The molecule has 20 heavy (non-hydrogen) atoms. The average Bonchev–Trinajstić information content (AvgIpc) is 2.70. The van der Waals surface area contributed by atoms with E-state index in [4.69, 9.17) is 10.4 Å². The summed E-state index contributed by atoms with van der Waals surface area (Å²) in [6, 6.07) is 7.30. The maximum absolute atomic E-state index is 11.8. The predicted molar refractivity (Wildman–Crippen MR) is 68.2 cm³/mol. The van der Waals surface area contributed by atoms with Crippen LogP contribution in [0.25, 0.3) is 5.57 Å². The molecule has 1 aromatic rings. The molecule has 6 nitrogen and oxygen atoms in total. The molecule has 0 aromatic heterocycles. The molecule has 0 saturated carbocycles. The normalized spacial score (nSPS) is 14.6. The van der Waals surface area contributed by atoms with E-state index in [0.29, 0.717) is 5.56 Å². The van der Waals surface area contributed by atoms with Crippen molar-refractivity contribution in [1.82, 2.24) is 5.32 Å². The quantitative estimate of drug-likeness (QED) is 0.624. The van der Waals surface area contributed by atoms with Gasteiger partial charge in [0.1, 0.15) is 0 Å². The summed E-state index contributed by atoms with van der Waals surface area (Å²) in [5.41, 5.74) is 0.696. The fourth-order valence-electron chi connectivity index (χ4n) is 1.81. The van der Waals surface area contributed by atoms with Crippen LogP contribution in [0.15, 0.2) is 42.0 Å². The number of hydrogen-bond donors (Lipinski definition) is 2. The summed E-state index contributed by atoms with van der Waals surface area (Å²) in [6.07, 6.45) is 2.35. The van der Waals surface area contributed by atoms with E-state index in [2.05, 4.69) is 5.32 Å². The highest BCUT2D eigenvalue weighted by Crippen LogP contribution is 2.25. The van der Waals surface area contributed by atoms with Crippen molar-refractivity contribution >= 4 is 23.4 Å². The number of hydrogen-bond acceptors (Lipinski definition) is 4. The number of allylic oxidation sites excluding steroid dienone is 1. The molecular formula is C14H8N2O4. The molecule has 0 fully saturated rings. The van der Waals surface area contributed by atoms with Gasteiger partial charge in [-0.3, -0.25) is 14.9 Å². The number of carbonyl (C=O) groups is 3. The van der Waals surface area contributed by atoms with E-state index < -0.39 is 17.8 Å². The number of carboxylic acid groups (broad SMARTS) is 1. The number of rotatable bonds is 3. The molecule has 0 radical (unpaired) electrons. The van der Waals surface area contributed by atoms with E-state index in [1.54, 1.807) is 6.07 Å². The summed E-state index contributed by atoms with van der Waals surface area (Å²) in [5.74, 6) is -2.24. The van der Waals surface area contributed by atoms with Gasteiger partial charge >= 0.3 is 5.97 Å². The Morgan fingerprint density at radius 2 is 1.85 bits per heavy atom. The second kappa shape index (κ2) is 5.20. The van der Waals surface area contributed by atoms with Gasteiger partial charge in [0.2, 0.25) is 0 Å². The molecule has 2 N–H and O–H groups in total. The zero-order valence-electron chi connectivity index (χ0n) is 10.1. The van der Waals surface area contributed by atoms with Gasteiger partial charge in [-0.2, -0.15) is 5.26 Å². The van der Waals surface area contributed by atoms with Gasteiger partial charge in [-0.1, -0.05) is 12.1 Å². The minimum atomic E-state index is -1.08. The number of imide groups is 1. The van der Waals surface area contributed by atoms with E-state index in [9.17, 15) is 14.4 Å². The topological polar surface area (TPSA) is 107 Å². The molecule has 2 amide bonds. The van der Waals surface area contributed by atoms with Crippen LogP contribution in [0.4, 0.5) is 0 Å². The van der Waals surface area contributed by atoms with E-state index >= 15 is 0 Å². The smallest absolute Gasteiger partial charge is 0.335 e. The van der Waals surface area contributed by atoms with Crippen LogP contribution in [0.1, 0.15) is 15.9 Å². The minimum absolute atomic E-state index is 0.0770. The molecule has 1 aromatic carbocycles. The van der Waals surface area contributed by atoms with Crippen molar-refractivity contribution in [3.8, 4) is 6.07 Å². The van der Waals surface area contributed by atoms with Crippen LogP contribution in [0.2, 0.25) is 0 Å². The fourth-order valence-corrected chi connectivity index (χ4v) is 1.81. The summed E-state index contributed by atoms with van der Waals surface area (Å²) < 4.78 is 0. The van der Waals surface area contributed by atoms with Crippen molar-refractivity contribution < 1.29 is 19.5 Å². The highest BCUT2D eigenvalue weighted by Gasteiger charge is 2.29. The van der Waals surface area contributed by atoms with Gasteiger partial charge in [0.15, 0.2) is 0 Å². The lowest BCUT2D eigenvalue weighted by atomic mass is 10.00. The van der Waals surface area contributed by atoms with Crippen LogP contribution in [0.3, 0.4) is 0 Å². The van der Waals surface area contributed by atoms with Crippen molar-refractivity contribution in [3.05, 3.63) is 53.1 Å². The Kier molecular flexibility index (Phi) is 3.44. The van der Waals surface area contributed by atoms with Crippen LogP contribution >= 0.6 is 0 Å². The third kappa shape index (κ3) is 2.33. The Labute approximate surface area is 113 Å². The first-order valence-electron chi connectivity index (χ1n) is 5.54. The lowest BCUT2D eigenvalue weighted by Gasteiger charge is -2.02. The second-order valence-corrected chi connectivity index (χ2v) is 3.92. The van der Waals surface area contributed by atoms with Gasteiger partial charge in [-0.25, -0.2) is 4.79 Å². The van der Waals surface area contributed by atoms with E-state index in [-0.39, 0.29) is 16.7 Å². The zero-order valence-corrected chi connectivity index (χ0v) is 10.1. The average molecular weight is 268 g/mol. The Balaban J connectivity index is 2.52. The number of nitrogens with one attached hydrogen (secondary N) is 1. The van der Waals surface area contributed by atoms with Crippen LogP contribution in [-0.2, 0) is 9.59 Å². The molecule has 6 heteroatoms. The number of aromatic carboxylic acids is 1. The number of amides is 2. The standard InChI is InChI=1S/C14H8N2O4/c15-7-1-2-10-11(13(18)16-12(10)17)8-3-5-9(6-4-8)14(19)20/h1-6H,(H,19,20)(H,16,17,18). The van der Waals surface area contributed by atoms with E-state index in [0.717, 1.165) is 6.08 Å². The maximum atomic E-state index is 11.8. The molecule has 0 saturated heterocycles. The fraction of sp³-hybridized carbons (Fsp3) is 0. The van der Waals surface area contributed by atoms with Gasteiger partial charge in [0, 0.05) is 6.08 Å². The van der Waals surface area contributed by atoms with Gasteiger partial charge in [0.25, 0.3) is 11.8 Å². The highest BCUT2D eigenvalue weighted by atomic mass is 16.4. The van der Waals surface area contributed by atoms with E-state index in [1.807, 2.05) is 0 Å². The van der Waals surface area contributed by atoms with Gasteiger partial charge in [-0.05, 0) is 23.8 Å². The minimum Gasteiger partial charge on any atom is -0.478 e. The van der Waals surface area contributed by atoms with E-state index in [1.165, 1.54) is 30.3 Å². The summed E-state index contributed by atoms with van der Waals surface area (Å²) in [5, 5.41) is 19.4. The van der Waals surface area contributed by atoms with Crippen LogP contribution in [0.5, 0.6) is 0 Å². The Morgan fingerprint density at radius 1 is 1.20 bits per heavy atom. The molecule has 0 unspecified atom stereocenters. The molecule has 0 atom stereocenters. The third-order valence-electron chi connectivity index (χ3n) is 2.71. The first-order chi connectivity index (χ1) is 9.54. The van der Waals surface area contributed by atoms with Crippen molar-refractivity contribution in [2.24, 2.45) is 0 Å². The number of benzene rings is 1. The predicted octanol–water partition coefficient (Wildman–Crippen LogP) is 0.875. The maximum Gasteiger partial charge on any atom is 0.335 e. The third-order valence-corrected chi connectivity index (χ3v) is 2.71. The Bertz CT molecular complexity index is 706. The Morgan fingerprint density at radius 3 is 2.40 bits per heavy atom. The van der Waals surface area contributed by atoms with Crippen molar-refractivity contribution in [2.45, 2.75) is 0 Å². The summed E-state index contributed by atoms with van der Waals surface area (Å²) >= 11 is 0. The largest absolute Gasteiger partial charge is 0.478 e. The molecule has 98 valence electrons. The monoisotopic (exact) mass is 268 g/mol. The van der Waals surface area contributed by atoms with Crippen molar-refractivity contribution in [3.63, 3.8) is 0 Å². The summed E-state index contributed by atoms with van der Waals surface area (Å²) in [4.78, 5) is 34.1.